The van der Waals surface area contributed by atoms with E-state index in [1.54, 1.807) is 7.05 Å². The van der Waals surface area contributed by atoms with Gasteiger partial charge in [0.1, 0.15) is 0 Å². The van der Waals surface area contributed by atoms with Crippen LogP contribution < -0.4 is 5.32 Å². The van der Waals surface area contributed by atoms with Crippen molar-refractivity contribution in [3.63, 3.8) is 0 Å². The Morgan fingerprint density at radius 1 is 1.20 bits per heavy atom. The molecule has 2 heterocycles. The highest BCUT2D eigenvalue weighted by Gasteiger charge is 2.26. The molecule has 16 heteroatoms. The summed E-state index contributed by atoms with van der Waals surface area (Å²) in [5.41, 5.74) is 0.433. The molecule has 0 aromatic carbocycles. The van der Waals surface area contributed by atoms with E-state index in [1.807, 2.05) is 0 Å². The van der Waals surface area contributed by atoms with Gasteiger partial charge in [0.05, 0.1) is 25.6 Å². The van der Waals surface area contributed by atoms with Gasteiger partial charge in [-0.2, -0.15) is 9.97 Å². The van der Waals surface area contributed by atoms with Crippen molar-refractivity contribution < 1.29 is 37.8 Å². The first-order valence-electron chi connectivity index (χ1n) is 6.48. The van der Waals surface area contributed by atoms with Crippen LogP contribution >= 0.6 is 27.2 Å². The number of phosphoric ester groups is 2. The van der Waals surface area contributed by atoms with Crippen LogP contribution in [0.3, 0.4) is 0 Å². The van der Waals surface area contributed by atoms with Crippen LogP contribution in [0.2, 0.25) is 5.28 Å². The molecule has 2 aromatic rings. The summed E-state index contributed by atoms with van der Waals surface area (Å²) in [6.45, 7) is -1.27. The molecule has 0 spiro atoms. The number of rotatable bonds is 8. The highest BCUT2D eigenvalue weighted by atomic mass is 35.5. The van der Waals surface area contributed by atoms with E-state index in [0.717, 1.165) is 0 Å². The van der Waals surface area contributed by atoms with Crippen molar-refractivity contribution in [3.8, 4) is 0 Å². The van der Waals surface area contributed by atoms with Gasteiger partial charge in [-0.05, 0) is 11.6 Å². The monoisotopic (exact) mass is 417 g/mol. The van der Waals surface area contributed by atoms with Crippen molar-refractivity contribution in [1.29, 1.82) is 0 Å². The predicted octanol–water partition coefficient (Wildman–Crippen LogP) is 0.281. The molecule has 0 bridgehead atoms. The van der Waals surface area contributed by atoms with Gasteiger partial charge in [0.25, 0.3) is 0 Å². The second kappa shape index (κ2) is 7.62. The van der Waals surface area contributed by atoms with Crippen LogP contribution in [0, 0.1) is 0 Å². The SMILES string of the molecule is CNc1nc(Cl)nc2c1ncn2C(COP(=O)(O)O)COP(=O)(O)O. The normalized spacial score (nSPS) is 12.9. The summed E-state index contributed by atoms with van der Waals surface area (Å²) >= 11 is 5.82. The number of nitrogens with zero attached hydrogens (tertiary/aromatic N) is 4. The molecule has 0 unspecified atom stereocenters. The predicted molar refractivity (Wildman–Crippen MR) is 84.9 cm³/mol. The lowest BCUT2D eigenvalue weighted by Crippen LogP contribution is -2.20. The van der Waals surface area contributed by atoms with E-state index in [2.05, 4.69) is 29.3 Å². The molecule has 0 aliphatic rings. The fourth-order valence-electron chi connectivity index (χ4n) is 1.91. The second-order valence-corrected chi connectivity index (χ2v) is 7.46. The van der Waals surface area contributed by atoms with Gasteiger partial charge in [-0.1, -0.05) is 0 Å². The van der Waals surface area contributed by atoms with Crippen LogP contribution in [0.15, 0.2) is 6.33 Å². The molecular weight excluding hydrogens is 404 g/mol. The third-order valence-corrected chi connectivity index (χ3v) is 4.03. The number of hydrogen-bond donors (Lipinski definition) is 5. The number of fused-ring (bicyclic) bond motifs is 1. The van der Waals surface area contributed by atoms with E-state index in [-0.39, 0.29) is 16.4 Å². The molecule has 25 heavy (non-hydrogen) atoms. The molecular formula is C9H14ClN5O8P2. The standard InChI is InChI=1S/C9H14ClN5O8P2/c1-11-7-6-8(14-9(10)13-7)15(4-12-6)5(2-22-24(16,17)18)3-23-25(19,20)21/h4-5H,2-3H2,1H3,(H,11,13,14)(H2,16,17,18)(H2,19,20,21). The van der Waals surface area contributed by atoms with Crippen molar-refractivity contribution in [1.82, 2.24) is 19.5 Å². The van der Waals surface area contributed by atoms with Gasteiger partial charge in [-0.3, -0.25) is 9.05 Å². The van der Waals surface area contributed by atoms with Crippen molar-refractivity contribution in [3.05, 3.63) is 11.6 Å². The minimum atomic E-state index is -4.83. The number of hydrogen-bond acceptors (Lipinski definition) is 8. The maximum absolute atomic E-state index is 10.9. The van der Waals surface area contributed by atoms with Crippen molar-refractivity contribution in [2.75, 3.05) is 25.6 Å². The molecule has 0 aliphatic carbocycles. The molecule has 0 radical (unpaired) electrons. The summed E-state index contributed by atoms with van der Waals surface area (Å²) in [4.78, 5) is 47.3. The highest BCUT2D eigenvalue weighted by molar-refractivity contribution is 7.46. The molecule has 5 N–H and O–H groups in total. The average molecular weight is 418 g/mol. The largest absolute Gasteiger partial charge is 0.469 e. The highest BCUT2D eigenvalue weighted by Crippen LogP contribution is 2.40. The van der Waals surface area contributed by atoms with Crippen molar-refractivity contribution in [2.45, 2.75) is 6.04 Å². The number of imidazole rings is 1. The van der Waals surface area contributed by atoms with Crippen LogP contribution in [0.1, 0.15) is 6.04 Å². The van der Waals surface area contributed by atoms with E-state index < -0.39 is 34.9 Å². The smallest absolute Gasteiger partial charge is 0.371 e. The Morgan fingerprint density at radius 3 is 2.24 bits per heavy atom. The molecule has 13 nitrogen and oxygen atoms in total. The minimum Gasteiger partial charge on any atom is -0.371 e. The lowest BCUT2D eigenvalue weighted by molar-refractivity contribution is 0.122. The van der Waals surface area contributed by atoms with Gasteiger partial charge in [0.15, 0.2) is 17.0 Å². The molecule has 0 aliphatic heterocycles. The second-order valence-electron chi connectivity index (χ2n) is 4.64. The Morgan fingerprint density at radius 2 is 1.76 bits per heavy atom. The number of nitrogens with one attached hydrogen (secondary N) is 1. The van der Waals surface area contributed by atoms with E-state index in [0.29, 0.717) is 5.82 Å². The topological polar surface area (TPSA) is 189 Å². The quantitative estimate of drug-likeness (QED) is 0.292. The summed E-state index contributed by atoms with van der Waals surface area (Å²) in [5.74, 6) is 0.291. The third-order valence-electron chi connectivity index (χ3n) is 2.89. The Kier molecular flexibility index (Phi) is 6.15. The third kappa shape index (κ3) is 5.68. The first kappa shape index (κ1) is 20.2. The molecule has 0 fully saturated rings. The van der Waals surface area contributed by atoms with E-state index >= 15 is 0 Å². The summed E-state index contributed by atoms with van der Waals surface area (Å²) in [6.07, 6.45) is 1.23. The maximum atomic E-state index is 10.9. The van der Waals surface area contributed by atoms with Crippen LogP contribution in [-0.4, -0.2) is 59.4 Å². The lowest BCUT2D eigenvalue weighted by atomic mass is 10.3. The number of phosphoric acid groups is 2. The molecule has 140 valence electrons. The first-order chi connectivity index (χ1) is 11.5. The van der Waals surface area contributed by atoms with Crippen LogP contribution in [0.25, 0.3) is 11.2 Å². The fourth-order valence-corrected chi connectivity index (χ4v) is 2.80. The van der Waals surface area contributed by atoms with Gasteiger partial charge in [0.2, 0.25) is 5.28 Å². The summed E-state index contributed by atoms with van der Waals surface area (Å²) in [7, 11) is -8.08. The Balaban J connectivity index is 2.41. The Bertz CT molecular complexity index is 824. The van der Waals surface area contributed by atoms with Crippen LogP contribution in [0.4, 0.5) is 5.82 Å². The van der Waals surface area contributed by atoms with Crippen molar-refractivity contribution in [2.24, 2.45) is 0 Å². The summed E-state index contributed by atoms with van der Waals surface area (Å²) in [5, 5.41) is 2.62. The zero-order valence-electron chi connectivity index (χ0n) is 12.6. The molecule has 0 saturated carbocycles. The van der Waals surface area contributed by atoms with Crippen LogP contribution in [-0.2, 0) is 18.2 Å². The molecule has 0 amide bonds. The zero-order chi connectivity index (χ0) is 18.8. The van der Waals surface area contributed by atoms with Crippen LogP contribution in [0.5, 0.6) is 0 Å². The van der Waals surface area contributed by atoms with Gasteiger partial charge in [-0.15, -0.1) is 0 Å². The Hall–Kier alpha value is -1.14. The zero-order valence-corrected chi connectivity index (χ0v) is 15.1. The average Bonchev–Trinajstić information content (AvgIpc) is 2.88. The summed E-state index contributed by atoms with van der Waals surface area (Å²) < 4.78 is 31.9. The van der Waals surface area contributed by atoms with Gasteiger partial charge >= 0.3 is 15.6 Å². The number of anilines is 1. The Labute approximate surface area is 145 Å². The van der Waals surface area contributed by atoms with E-state index in [4.69, 9.17) is 31.2 Å². The minimum absolute atomic E-state index is 0.135. The van der Waals surface area contributed by atoms with Gasteiger partial charge < -0.3 is 29.5 Å². The fraction of sp³-hybridized carbons (Fsp3) is 0.444. The molecule has 0 atom stereocenters. The number of aromatic nitrogens is 4. The van der Waals surface area contributed by atoms with E-state index in [9.17, 15) is 9.13 Å². The lowest BCUT2D eigenvalue weighted by Gasteiger charge is -2.19. The van der Waals surface area contributed by atoms with E-state index in [1.165, 1.54) is 10.9 Å². The number of halogens is 1. The molecule has 2 aromatic heterocycles. The van der Waals surface area contributed by atoms with Gasteiger partial charge in [-0.25, -0.2) is 14.1 Å². The molecule has 2 rings (SSSR count). The van der Waals surface area contributed by atoms with Gasteiger partial charge in [0, 0.05) is 7.05 Å². The maximum Gasteiger partial charge on any atom is 0.469 e. The molecule has 0 saturated heterocycles. The van der Waals surface area contributed by atoms with Crippen molar-refractivity contribution >= 4 is 44.2 Å². The first-order valence-corrected chi connectivity index (χ1v) is 9.92. The summed E-state index contributed by atoms with van der Waals surface area (Å²) in [6, 6.07) is -1.07.